The average Bonchev–Trinajstić information content (AvgIpc) is 2.86. The summed E-state index contributed by atoms with van der Waals surface area (Å²) in [6.45, 7) is 3.27. The van der Waals surface area contributed by atoms with Gasteiger partial charge in [-0.1, -0.05) is 6.42 Å². The van der Waals surface area contributed by atoms with Crippen molar-refractivity contribution >= 4 is 5.97 Å². The Morgan fingerprint density at radius 1 is 1.31 bits per heavy atom. The summed E-state index contributed by atoms with van der Waals surface area (Å²) in [7, 11) is 0. The van der Waals surface area contributed by atoms with Crippen molar-refractivity contribution in [1.29, 1.82) is 0 Å². The summed E-state index contributed by atoms with van der Waals surface area (Å²) in [5.41, 5.74) is 0. The van der Waals surface area contributed by atoms with Crippen molar-refractivity contribution in [3.05, 3.63) is 0 Å². The number of nitrogens with zero attached hydrogens (tertiary/aromatic N) is 1. The van der Waals surface area contributed by atoms with E-state index in [2.05, 4.69) is 11.8 Å². The fourth-order valence-electron chi connectivity index (χ4n) is 3.93. The molecule has 2 aliphatic carbocycles. The first-order valence-corrected chi connectivity index (χ1v) is 6.67. The maximum absolute atomic E-state index is 11.5. The minimum atomic E-state index is -0.582. The maximum atomic E-state index is 11.5. The number of rotatable bonds is 3. The van der Waals surface area contributed by atoms with Crippen LogP contribution in [0.25, 0.3) is 0 Å². The highest BCUT2D eigenvalue weighted by molar-refractivity contribution is 5.74. The van der Waals surface area contributed by atoms with E-state index in [1.807, 2.05) is 0 Å². The lowest BCUT2D eigenvalue weighted by Crippen LogP contribution is -2.45. The largest absolute Gasteiger partial charge is 0.480 e. The van der Waals surface area contributed by atoms with Gasteiger partial charge in [0.25, 0.3) is 0 Å². The molecule has 0 radical (unpaired) electrons. The number of carboxylic acids is 1. The van der Waals surface area contributed by atoms with Gasteiger partial charge in [-0.2, -0.15) is 0 Å². The average molecular weight is 223 g/mol. The van der Waals surface area contributed by atoms with Crippen LogP contribution in [0.1, 0.15) is 39.0 Å². The summed E-state index contributed by atoms with van der Waals surface area (Å²) >= 11 is 0. The molecule has 1 N–H and O–H groups in total. The van der Waals surface area contributed by atoms with Gasteiger partial charge in [-0.15, -0.1) is 0 Å². The molecule has 0 aromatic rings. The van der Waals surface area contributed by atoms with Gasteiger partial charge < -0.3 is 5.11 Å². The highest BCUT2D eigenvalue weighted by atomic mass is 16.4. The van der Waals surface area contributed by atoms with Gasteiger partial charge in [0, 0.05) is 12.6 Å². The standard InChI is InChI=1S/C13H21NO2/c1-8(9-5-6-9)14-7-10-3-2-4-11(10)12(14)13(15)16/h8-12H,2-7H2,1H3,(H,15,16). The van der Waals surface area contributed by atoms with Gasteiger partial charge in [-0.3, -0.25) is 9.69 Å². The van der Waals surface area contributed by atoms with Crippen LogP contribution in [-0.2, 0) is 4.79 Å². The van der Waals surface area contributed by atoms with Gasteiger partial charge in [-0.25, -0.2) is 0 Å². The van der Waals surface area contributed by atoms with Gasteiger partial charge in [0.1, 0.15) is 6.04 Å². The highest BCUT2D eigenvalue weighted by Crippen LogP contribution is 2.46. The molecule has 0 bridgehead atoms. The fourth-order valence-corrected chi connectivity index (χ4v) is 3.93. The summed E-state index contributed by atoms with van der Waals surface area (Å²) < 4.78 is 0. The molecule has 0 aromatic carbocycles. The molecule has 0 spiro atoms. The van der Waals surface area contributed by atoms with Crippen molar-refractivity contribution in [2.45, 2.75) is 51.1 Å². The van der Waals surface area contributed by atoms with E-state index in [9.17, 15) is 9.90 Å². The van der Waals surface area contributed by atoms with Crippen LogP contribution in [0, 0.1) is 17.8 Å². The zero-order valence-electron chi connectivity index (χ0n) is 9.93. The third kappa shape index (κ3) is 1.56. The third-order valence-electron chi connectivity index (χ3n) is 5.01. The van der Waals surface area contributed by atoms with Crippen LogP contribution in [0.3, 0.4) is 0 Å². The molecule has 1 heterocycles. The first-order chi connectivity index (χ1) is 7.68. The monoisotopic (exact) mass is 223 g/mol. The van der Waals surface area contributed by atoms with Crippen molar-refractivity contribution < 1.29 is 9.90 Å². The second kappa shape index (κ2) is 3.73. The van der Waals surface area contributed by atoms with E-state index in [0.29, 0.717) is 17.9 Å². The first kappa shape index (κ1) is 10.6. The quantitative estimate of drug-likeness (QED) is 0.795. The number of fused-ring (bicyclic) bond motifs is 1. The molecule has 0 amide bonds. The summed E-state index contributed by atoms with van der Waals surface area (Å²) in [6, 6.07) is 0.315. The molecular weight excluding hydrogens is 202 g/mol. The topological polar surface area (TPSA) is 40.5 Å². The Balaban J connectivity index is 1.79. The number of aliphatic carboxylic acids is 1. The van der Waals surface area contributed by atoms with E-state index in [1.54, 1.807) is 0 Å². The van der Waals surface area contributed by atoms with E-state index in [-0.39, 0.29) is 6.04 Å². The number of hydrogen-bond donors (Lipinski definition) is 1. The molecular formula is C13H21NO2. The van der Waals surface area contributed by atoms with Crippen molar-refractivity contribution in [3.63, 3.8) is 0 Å². The predicted molar refractivity (Wildman–Crippen MR) is 61.1 cm³/mol. The van der Waals surface area contributed by atoms with Gasteiger partial charge in [-0.05, 0) is 50.4 Å². The number of carboxylic acid groups (broad SMARTS) is 1. The van der Waals surface area contributed by atoms with Crippen LogP contribution in [-0.4, -0.2) is 34.6 Å². The molecule has 16 heavy (non-hydrogen) atoms. The summed E-state index contributed by atoms with van der Waals surface area (Å²) in [4.78, 5) is 13.8. The smallest absolute Gasteiger partial charge is 0.321 e. The first-order valence-electron chi connectivity index (χ1n) is 6.67. The van der Waals surface area contributed by atoms with E-state index < -0.39 is 5.97 Å². The van der Waals surface area contributed by atoms with E-state index in [0.717, 1.165) is 18.9 Å². The lowest BCUT2D eigenvalue weighted by atomic mass is 9.94. The minimum Gasteiger partial charge on any atom is -0.480 e. The predicted octanol–water partition coefficient (Wildman–Crippen LogP) is 1.97. The van der Waals surface area contributed by atoms with Crippen LogP contribution < -0.4 is 0 Å². The summed E-state index contributed by atoms with van der Waals surface area (Å²) in [5.74, 6) is 1.31. The Morgan fingerprint density at radius 2 is 2.06 bits per heavy atom. The molecule has 1 saturated heterocycles. The molecule has 3 heteroatoms. The molecule has 0 aromatic heterocycles. The summed E-state index contributed by atoms with van der Waals surface area (Å²) in [5, 5.41) is 9.44. The van der Waals surface area contributed by atoms with Crippen LogP contribution in [0.2, 0.25) is 0 Å². The molecule has 3 nitrogen and oxygen atoms in total. The van der Waals surface area contributed by atoms with Crippen molar-refractivity contribution in [3.8, 4) is 0 Å². The van der Waals surface area contributed by atoms with Crippen molar-refractivity contribution in [2.75, 3.05) is 6.54 Å². The zero-order chi connectivity index (χ0) is 11.3. The van der Waals surface area contributed by atoms with Crippen LogP contribution >= 0.6 is 0 Å². The Hall–Kier alpha value is -0.570. The second-order valence-corrected chi connectivity index (χ2v) is 5.91. The molecule has 4 atom stereocenters. The molecule has 1 aliphatic heterocycles. The normalized spacial score (nSPS) is 40.9. The number of carbonyl (C=O) groups is 1. The lowest BCUT2D eigenvalue weighted by molar-refractivity contribution is -0.144. The summed E-state index contributed by atoms with van der Waals surface area (Å²) in [6.07, 6.45) is 6.24. The number of hydrogen-bond acceptors (Lipinski definition) is 2. The Labute approximate surface area is 96.8 Å². The van der Waals surface area contributed by atoms with E-state index >= 15 is 0 Å². The lowest BCUT2D eigenvalue weighted by Gasteiger charge is -2.30. The molecule has 2 saturated carbocycles. The van der Waals surface area contributed by atoms with Gasteiger partial charge in [0.15, 0.2) is 0 Å². The van der Waals surface area contributed by atoms with Gasteiger partial charge in [0.2, 0.25) is 0 Å². The van der Waals surface area contributed by atoms with Crippen molar-refractivity contribution in [2.24, 2.45) is 17.8 Å². The Kier molecular flexibility index (Phi) is 2.46. The van der Waals surface area contributed by atoms with Crippen LogP contribution in [0.4, 0.5) is 0 Å². The zero-order valence-corrected chi connectivity index (χ0v) is 9.93. The van der Waals surface area contributed by atoms with Crippen LogP contribution in [0.15, 0.2) is 0 Å². The van der Waals surface area contributed by atoms with Gasteiger partial charge in [0.05, 0.1) is 0 Å². The van der Waals surface area contributed by atoms with E-state index in [4.69, 9.17) is 0 Å². The third-order valence-corrected chi connectivity index (χ3v) is 5.01. The molecule has 3 fully saturated rings. The Bertz CT molecular complexity index is 300. The fraction of sp³-hybridized carbons (Fsp3) is 0.923. The SMILES string of the molecule is CC(C1CC1)N1CC2CCCC2C1C(=O)O. The molecule has 3 aliphatic rings. The second-order valence-electron chi connectivity index (χ2n) is 5.91. The number of likely N-dealkylation sites (tertiary alicyclic amines) is 1. The van der Waals surface area contributed by atoms with Crippen LogP contribution in [0.5, 0.6) is 0 Å². The van der Waals surface area contributed by atoms with E-state index in [1.165, 1.54) is 25.7 Å². The molecule has 90 valence electrons. The minimum absolute atomic E-state index is 0.178. The molecule has 3 rings (SSSR count). The molecule has 4 unspecified atom stereocenters. The highest BCUT2D eigenvalue weighted by Gasteiger charge is 2.50. The van der Waals surface area contributed by atoms with Gasteiger partial charge >= 0.3 is 5.97 Å². The maximum Gasteiger partial charge on any atom is 0.321 e. The Morgan fingerprint density at radius 3 is 2.69 bits per heavy atom. The van der Waals surface area contributed by atoms with Crippen molar-refractivity contribution in [1.82, 2.24) is 4.90 Å².